The molecule has 3 aliphatic heterocycles. The van der Waals surface area contributed by atoms with Gasteiger partial charge in [0.15, 0.2) is 34.5 Å². The predicted molar refractivity (Wildman–Crippen MR) is 335 cm³/mol. The molecule has 9 aromatic carbocycles. The maximum absolute atomic E-state index is 10.7. The van der Waals surface area contributed by atoms with Gasteiger partial charge < -0.3 is 14.2 Å². The Morgan fingerprint density at radius 1 is 0.369 bits per heavy atom. The van der Waals surface area contributed by atoms with Gasteiger partial charge in [0.05, 0.1) is 11.0 Å². The van der Waals surface area contributed by atoms with Crippen molar-refractivity contribution in [2.75, 3.05) is 0 Å². The van der Waals surface area contributed by atoms with Gasteiger partial charge in [0.25, 0.3) is 0 Å². The normalized spacial score (nSPS) is 14.5. The molecule has 14 rings (SSSR count). The minimum Gasteiger partial charge on any atom is 1.00 e. The molecular formula is C69H58CuF6N2O3P3+2. The third kappa shape index (κ3) is 11.7. The predicted octanol–water partition coefficient (Wildman–Crippen LogP) is 18.7. The first-order valence-electron chi connectivity index (χ1n) is 27.2. The molecule has 15 heteroatoms. The van der Waals surface area contributed by atoms with Crippen molar-refractivity contribution in [3.8, 4) is 56.8 Å². The van der Waals surface area contributed by atoms with E-state index in [4.69, 9.17) is 24.2 Å². The Morgan fingerprint density at radius 3 is 1.01 bits per heavy atom. The monoisotopic (exact) mass is 1230 g/mol. The quantitative estimate of drug-likeness (QED) is 0.0761. The van der Waals surface area contributed by atoms with Crippen molar-refractivity contribution >= 4 is 77.3 Å². The second kappa shape index (κ2) is 21.3. The number of ether oxygens (including phenoxy) is 3. The van der Waals surface area contributed by atoms with E-state index in [2.05, 4.69) is 237 Å². The molecule has 428 valence electrons. The molecular weight excluding hydrogens is 1180 g/mol. The van der Waals surface area contributed by atoms with Crippen molar-refractivity contribution < 1.29 is 56.5 Å². The first kappa shape index (κ1) is 58.4. The number of halogens is 6. The Morgan fingerprint density at radius 2 is 0.690 bits per heavy atom. The SMILES string of the molecule is Cc1cc(-c2ccccc2)c2ccc3c(-c4ccccc4)cc(C)nc3c2n1.Cc1ccc2c(c1)[PH+](c1cccc3c1Oc1c([PH+]4c5cc(C)ccc5Oc5ccc(C)cc54)cccc1C3(C)C)c1cc(C)ccc1O2.F[P-](F)(F)(F)(F)F.[Cu+]. The van der Waals surface area contributed by atoms with Gasteiger partial charge in [0, 0.05) is 38.7 Å². The van der Waals surface area contributed by atoms with Crippen LogP contribution in [0.5, 0.6) is 34.5 Å². The molecule has 0 bridgehead atoms. The van der Waals surface area contributed by atoms with E-state index in [1.807, 2.05) is 12.1 Å². The van der Waals surface area contributed by atoms with Crippen LogP contribution < -0.4 is 46.0 Å². The summed E-state index contributed by atoms with van der Waals surface area (Å²) in [7, 11) is -13.6. The second-order valence-electron chi connectivity index (χ2n) is 22.2. The molecule has 0 unspecified atom stereocenters. The molecule has 0 saturated heterocycles. The fourth-order valence-electron chi connectivity index (χ4n) is 11.7. The largest absolute Gasteiger partial charge is 1.00 e. The fraction of sp³-hybridized carbons (Fsp3) is 0.130. The van der Waals surface area contributed by atoms with Crippen molar-refractivity contribution in [2.45, 2.75) is 60.8 Å². The van der Waals surface area contributed by atoms with Crippen LogP contribution in [-0.4, -0.2) is 9.97 Å². The van der Waals surface area contributed by atoms with Crippen LogP contribution >= 0.6 is 23.7 Å². The topological polar surface area (TPSA) is 53.5 Å². The fourth-order valence-corrected chi connectivity index (χ4v) is 17.8. The average molecular weight is 1230 g/mol. The maximum Gasteiger partial charge on any atom is 1.00 e. The number of para-hydroxylation sites is 2. The smallest absolute Gasteiger partial charge is 1.00 e. The van der Waals surface area contributed by atoms with Crippen LogP contribution in [-0.2, 0) is 22.5 Å². The first-order chi connectivity index (χ1) is 39.3. The summed E-state index contributed by atoms with van der Waals surface area (Å²) in [6, 6.07) is 69.8. The average Bonchev–Trinajstić information content (AvgIpc) is 0.798. The number of hydrogen-bond acceptors (Lipinski definition) is 5. The second-order valence-corrected chi connectivity index (χ2v) is 28.9. The molecule has 84 heavy (non-hydrogen) atoms. The molecule has 0 spiro atoms. The summed E-state index contributed by atoms with van der Waals surface area (Å²) in [5, 5.41) is 9.92. The van der Waals surface area contributed by atoms with Crippen LogP contribution in [0.4, 0.5) is 25.2 Å². The number of aryl methyl sites for hydroxylation is 6. The number of hydrogen-bond donors (Lipinski definition) is 0. The van der Waals surface area contributed by atoms with Gasteiger partial charge in [0.1, 0.15) is 47.7 Å². The number of aromatic nitrogens is 2. The van der Waals surface area contributed by atoms with Crippen LogP contribution in [0, 0.1) is 41.5 Å². The van der Waals surface area contributed by atoms with E-state index in [1.54, 1.807) is 0 Å². The zero-order valence-electron chi connectivity index (χ0n) is 47.1. The molecule has 3 aliphatic rings. The van der Waals surface area contributed by atoms with Crippen LogP contribution in [0.3, 0.4) is 0 Å². The molecule has 0 saturated carbocycles. The van der Waals surface area contributed by atoms with Crippen LogP contribution in [0.15, 0.2) is 194 Å². The maximum atomic E-state index is 9.87. The van der Waals surface area contributed by atoms with E-state index in [0.717, 1.165) is 67.7 Å². The summed E-state index contributed by atoms with van der Waals surface area (Å²) in [5.41, 5.74) is 15.9. The number of benzene rings is 9. The van der Waals surface area contributed by atoms with Crippen molar-refractivity contribution in [1.82, 2.24) is 9.97 Å². The summed E-state index contributed by atoms with van der Waals surface area (Å²) >= 11 is 0. The van der Waals surface area contributed by atoms with E-state index in [0.29, 0.717) is 0 Å². The Balaban J connectivity index is 0.000000173. The molecule has 0 N–H and O–H groups in total. The molecule has 5 heterocycles. The molecule has 2 aromatic heterocycles. The Hall–Kier alpha value is -7.41. The zero-order chi connectivity index (χ0) is 58.4. The standard InChI is InChI=1S/C43H36O3P2.C26H20N2.Cu.F6P/c1-25-13-17-31-37(21-25)47(38-22-26(2)14-18-32(38)44-31)35-11-7-9-29-41(35)46-42-30(43(29,5)6)10-8-12-36(42)48-39-23-27(3)15-19-33(39)45-34-20-16-28(4)24-40(34)48;1-17-15-23(19-9-5-3-6-10-19)21-13-14-22-24(20-11-7-4-8-12-20)16-18(2)28-26(22)25(21)27-17;;1-7(2,3,4,5)6/h7-24H,1-6H3;3-16H,1-2H3;;/q;;+1;-1/p+2. The summed E-state index contributed by atoms with van der Waals surface area (Å²) in [4.78, 5) is 9.81. The third-order valence-electron chi connectivity index (χ3n) is 15.4. The van der Waals surface area contributed by atoms with Crippen molar-refractivity contribution in [3.05, 3.63) is 239 Å². The molecule has 0 fully saturated rings. The molecule has 11 aromatic rings. The first-order valence-corrected chi connectivity index (χ1v) is 32.2. The minimum atomic E-state index is -10.7. The summed E-state index contributed by atoms with van der Waals surface area (Å²) in [6.07, 6.45) is 0. The van der Waals surface area contributed by atoms with E-state index in [1.165, 1.54) is 87.5 Å². The van der Waals surface area contributed by atoms with Gasteiger partial charge in [-0.05, 0) is 159 Å². The summed E-state index contributed by atoms with van der Waals surface area (Å²) in [6.45, 7) is 17.5. The van der Waals surface area contributed by atoms with Gasteiger partial charge in [-0.3, -0.25) is 9.97 Å². The van der Waals surface area contributed by atoms with Gasteiger partial charge in [-0.15, -0.1) is 0 Å². The van der Waals surface area contributed by atoms with Crippen molar-refractivity contribution in [3.63, 3.8) is 0 Å². The van der Waals surface area contributed by atoms with Crippen molar-refractivity contribution in [2.24, 2.45) is 0 Å². The number of rotatable bonds is 4. The van der Waals surface area contributed by atoms with Crippen LogP contribution in [0.1, 0.15) is 58.6 Å². The van der Waals surface area contributed by atoms with Crippen molar-refractivity contribution in [1.29, 1.82) is 0 Å². The molecule has 0 radical (unpaired) electrons. The molecule has 0 amide bonds. The number of fused-ring (bicyclic) bond motifs is 9. The summed E-state index contributed by atoms with van der Waals surface area (Å²) < 4.78 is 79.7. The van der Waals surface area contributed by atoms with Gasteiger partial charge in [-0.1, -0.05) is 135 Å². The van der Waals surface area contributed by atoms with E-state index in [-0.39, 0.29) is 22.5 Å². The van der Waals surface area contributed by atoms with Gasteiger partial charge >= 0.3 is 50.1 Å². The Labute approximate surface area is 497 Å². The molecule has 5 nitrogen and oxygen atoms in total. The zero-order valence-corrected chi connectivity index (χ0v) is 50.9. The van der Waals surface area contributed by atoms with Crippen LogP contribution in [0.25, 0.3) is 44.1 Å². The number of nitrogens with zero attached hydrogens (tertiary/aromatic N) is 2. The summed E-state index contributed by atoms with van der Waals surface area (Å²) in [5.74, 6) is 5.80. The Bertz CT molecular complexity index is 4060. The van der Waals surface area contributed by atoms with Crippen LogP contribution in [0.2, 0.25) is 0 Å². The van der Waals surface area contributed by atoms with E-state index < -0.39 is 23.7 Å². The number of pyridine rings is 2. The van der Waals surface area contributed by atoms with E-state index in [9.17, 15) is 25.2 Å². The third-order valence-corrected chi connectivity index (χ3v) is 20.9. The minimum absolute atomic E-state index is 0. The Kier molecular flexibility index (Phi) is 14.8. The van der Waals surface area contributed by atoms with Gasteiger partial charge in [-0.2, -0.15) is 0 Å². The molecule has 0 atom stereocenters. The van der Waals surface area contributed by atoms with Gasteiger partial charge in [0.2, 0.25) is 0 Å². The molecule has 0 aliphatic carbocycles. The van der Waals surface area contributed by atoms with E-state index >= 15 is 0 Å². The van der Waals surface area contributed by atoms with Gasteiger partial charge in [-0.25, -0.2) is 0 Å².